The Morgan fingerprint density at radius 2 is 1.52 bits per heavy atom. The molecular formula is C18H19F2N. The summed E-state index contributed by atoms with van der Waals surface area (Å²) in [4.78, 5) is 0. The highest BCUT2D eigenvalue weighted by molar-refractivity contribution is 5.39. The third kappa shape index (κ3) is 2.98. The molecule has 1 N–H and O–H groups in total. The van der Waals surface area contributed by atoms with Gasteiger partial charge in [0.15, 0.2) is 0 Å². The van der Waals surface area contributed by atoms with Crippen LogP contribution >= 0.6 is 0 Å². The van der Waals surface area contributed by atoms with Crippen molar-refractivity contribution < 1.29 is 8.78 Å². The van der Waals surface area contributed by atoms with E-state index in [0.717, 1.165) is 24.5 Å². The van der Waals surface area contributed by atoms with Crippen molar-refractivity contribution in [2.24, 2.45) is 0 Å². The Hall–Kier alpha value is -1.74. The lowest BCUT2D eigenvalue weighted by Gasteiger charge is -2.22. The summed E-state index contributed by atoms with van der Waals surface area (Å²) in [6.45, 7) is 0. The van der Waals surface area contributed by atoms with E-state index in [0.29, 0.717) is 5.56 Å². The van der Waals surface area contributed by atoms with Gasteiger partial charge in [0.25, 0.3) is 0 Å². The van der Waals surface area contributed by atoms with Gasteiger partial charge in [0.05, 0.1) is 6.04 Å². The van der Waals surface area contributed by atoms with E-state index < -0.39 is 11.6 Å². The second-order valence-corrected chi connectivity index (χ2v) is 5.66. The fourth-order valence-electron chi connectivity index (χ4n) is 3.20. The summed E-state index contributed by atoms with van der Waals surface area (Å²) in [6.07, 6.45) is 4.69. The van der Waals surface area contributed by atoms with Crippen LogP contribution in [0, 0.1) is 11.6 Å². The monoisotopic (exact) mass is 287 g/mol. The molecule has 2 aromatic carbocycles. The number of benzene rings is 2. The number of halogens is 2. The number of fused-ring (bicyclic) bond motifs is 1. The topological polar surface area (TPSA) is 12.0 Å². The lowest BCUT2D eigenvalue weighted by molar-refractivity contribution is 0.571. The summed E-state index contributed by atoms with van der Waals surface area (Å²) in [7, 11) is 1.81. The molecule has 21 heavy (non-hydrogen) atoms. The average molecular weight is 287 g/mol. The zero-order valence-electron chi connectivity index (χ0n) is 12.1. The molecule has 0 aliphatic heterocycles. The molecule has 110 valence electrons. The molecule has 0 amide bonds. The molecule has 0 fully saturated rings. The van der Waals surface area contributed by atoms with E-state index in [2.05, 4.69) is 23.5 Å². The summed E-state index contributed by atoms with van der Waals surface area (Å²) in [5.41, 5.74) is 4.45. The summed E-state index contributed by atoms with van der Waals surface area (Å²) < 4.78 is 26.9. The molecule has 3 heteroatoms. The third-order valence-electron chi connectivity index (χ3n) is 4.21. The van der Waals surface area contributed by atoms with Crippen LogP contribution in [0.1, 0.15) is 41.1 Å². The standard InChI is InChI=1S/C18H19F2N/c1-21-18(15-9-16(19)11-17(20)10-15)14-7-6-12-4-2-3-5-13(12)8-14/h6-11,18,21H,2-5H2,1H3. The lowest BCUT2D eigenvalue weighted by Crippen LogP contribution is -2.19. The third-order valence-corrected chi connectivity index (χ3v) is 4.21. The van der Waals surface area contributed by atoms with Gasteiger partial charge in [-0.2, -0.15) is 0 Å². The van der Waals surface area contributed by atoms with Crippen LogP contribution in [0.4, 0.5) is 8.78 Å². The van der Waals surface area contributed by atoms with Crippen LogP contribution in [0.2, 0.25) is 0 Å². The Balaban J connectivity index is 1.99. The highest BCUT2D eigenvalue weighted by atomic mass is 19.1. The number of hydrogen-bond donors (Lipinski definition) is 1. The van der Waals surface area contributed by atoms with Gasteiger partial charge < -0.3 is 5.32 Å². The van der Waals surface area contributed by atoms with Crippen LogP contribution in [0.3, 0.4) is 0 Å². The molecule has 0 heterocycles. The second kappa shape index (κ2) is 5.94. The first-order valence-electron chi connectivity index (χ1n) is 7.42. The minimum absolute atomic E-state index is 0.192. The predicted molar refractivity (Wildman–Crippen MR) is 80.3 cm³/mol. The second-order valence-electron chi connectivity index (χ2n) is 5.66. The number of aryl methyl sites for hydroxylation is 2. The van der Waals surface area contributed by atoms with Gasteiger partial charge in [0.1, 0.15) is 11.6 Å². The average Bonchev–Trinajstić information content (AvgIpc) is 2.47. The summed E-state index contributed by atoms with van der Waals surface area (Å²) >= 11 is 0. The molecule has 1 unspecified atom stereocenters. The Kier molecular flexibility index (Phi) is 4.02. The van der Waals surface area contributed by atoms with Gasteiger partial charge in [-0.05, 0) is 67.1 Å². The predicted octanol–water partition coefficient (Wildman–Crippen LogP) is 4.15. The van der Waals surface area contributed by atoms with Crippen molar-refractivity contribution >= 4 is 0 Å². The van der Waals surface area contributed by atoms with Crippen molar-refractivity contribution in [3.63, 3.8) is 0 Å². The molecule has 0 aromatic heterocycles. The first-order valence-corrected chi connectivity index (χ1v) is 7.42. The van der Waals surface area contributed by atoms with Gasteiger partial charge in [-0.25, -0.2) is 8.78 Å². The van der Waals surface area contributed by atoms with E-state index >= 15 is 0 Å². The maximum Gasteiger partial charge on any atom is 0.126 e. The summed E-state index contributed by atoms with van der Waals surface area (Å²) in [5.74, 6) is -1.08. The molecule has 2 aromatic rings. The molecule has 1 atom stereocenters. The molecule has 1 aliphatic rings. The molecule has 0 spiro atoms. The molecular weight excluding hydrogens is 268 g/mol. The van der Waals surface area contributed by atoms with Crippen LogP contribution in [0.15, 0.2) is 36.4 Å². The molecule has 0 saturated carbocycles. The lowest BCUT2D eigenvalue weighted by atomic mass is 9.88. The Bertz CT molecular complexity index is 631. The van der Waals surface area contributed by atoms with Gasteiger partial charge in [0.2, 0.25) is 0 Å². The van der Waals surface area contributed by atoms with Crippen LogP contribution in [-0.4, -0.2) is 7.05 Å². The van der Waals surface area contributed by atoms with E-state index in [9.17, 15) is 8.78 Å². The van der Waals surface area contributed by atoms with E-state index in [1.807, 2.05) is 7.05 Å². The quantitative estimate of drug-likeness (QED) is 0.894. The van der Waals surface area contributed by atoms with Crippen molar-refractivity contribution in [2.75, 3.05) is 7.05 Å². The minimum atomic E-state index is -0.539. The van der Waals surface area contributed by atoms with Crippen molar-refractivity contribution in [1.29, 1.82) is 0 Å². The number of hydrogen-bond acceptors (Lipinski definition) is 1. The largest absolute Gasteiger partial charge is 0.309 e. The fraction of sp³-hybridized carbons (Fsp3) is 0.333. The SMILES string of the molecule is CNC(c1cc(F)cc(F)c1)c1ccc2c(c1)CCCC2. The molecule has 0 radical (unpaired) electrons. The maximum atomic E-state index is 13.4. The highest BCUT2D eigenvalue weighted by Gasteiger charge is 2.17. The van der Waals surface area contributed by atoms with E-state index in [1.165, 1.54) is 36.1 Å². The normalized spacial score (nSPS) is 15.6. The van der Waals surface area contributed by atoms with Crippen molar-refractivity contribution in [1.82, 2.24) is 5.32 Å². The van der Waals surface area contributed by atoms with Crippen LogP contribution in [0.25, 0.3) is 0 Å². The molecule has 1 nitrogen and oxygen atoms in total. The molecule has 0 saturated heterocycles. The Morgan fingerprint density at radius 3 is 2.19 bits per heavy atom. The maximum absolute atomic E-state index is 13.4. The smallest absolute Gasteiger partial charge is 0.126 e. The van der Waals surface area contributed by atoms with Crippen molar-refractivity contribution in [3.05, 3.63) is 70.3 Å². The molecule has 0 bridgehead atoms. The minimum Gasteiger partial charge on any atom is -0.309 e. The van der Waals surface area contributed by atoms with Crippen LogP contribution < -0.4 is 5.32 Å². The molecule has 1 aliphatic carbocycles. The van der Waals surface area contributed by atoms with Gasteiger partial charge in [-0.15, -0.1) is 0 Å². The Morgan fingerprint density at radius 1 is 0.857 bits per heavy atom. The summed E-state index contributed by atoms with van der Waals surface area (Å²) in [5, 5.41) is 3.16. The van der Waals surface area contributed by atoms with Gasteiger partial charge in [-0.3, -0.25) is 0 Å². The van der Waals surface area contributed by atoms with Crippen LogP contribution in [-0.2, 0) is 12.8 Å². The summed E-state index contributed by atoms with van der Waals surface area (Å²) in [6, 6.07) is 9.90. The first-order chi connectivity index (χ1) is 10.2. The molecule has 3 rings (SSSR count). The van der Waals surface area contributed by atoms with Gasteiger partial charge in [0, 0.05) is 6.07 Å². The zero-order valence-corrected chi connectivity index (χ0v) is 12.1. The zero-order chi connectivity index (χ0) is 14.8. The van der Waals surface area contributed by atoms with E-state index in [-0.39, 0.29) is 6.04 Å². The van der Waals surface area contributed by atoms with E-state index in [4.69, 9.17) is 0 Å². The highest BCUT2D eigenvalue weighted by Crippen LogP contribution is 2.28. The van der Waals surface area contributed by atoms with E-state index in [1.54, 1.807) is 0 Å². The van der Waals surface area contributed by atoms with Gasteiger partial charge in [-0.1, -0.05) is 18.2 Å². The fourth-order valence-corrected chi connectivity index (χ4v) is 3.20. The Labute approximate surface area is 124 Å². The van der Waals surface area contributed by atoms with Crippen LogP contribution in [0.5, 0.6) is 0 Å². The van der Waals surface area contributed by atoms with Crippen molar-refractivity contribution in [2.45, 2.75) is 31.7 Å². The number of rotatable bonds is 3. The first kappa shape index (κ1) is 14.2. The number of nitrogens with one attached hydrogen (secondary N) is 1. The van der Waals surface area contributed by atoms with Gasteiger partial charge >= 0.3 is 0 Å². The van der Waals surface area contributed by atoms with Crippen molar-refractivity contribution in [3.8, 4) is 0 Å².